The first-order valence-electron chi connectivity index (χ1n) is 6.54. The Morgan fingerprint density at radius 2 is 1.73 bits per heavy atom. The lowest BCUT2D eigenvalue weighted by Gasteiger charge is -2.09. The van der Waals surface area contributed by atoms with Crippen molar-refractivity contribution in [2.24, 2.45) is 0 Å². The van der Waals surface area contributed by atoms with Gasteiger partial charge in [0.05, 0.1) is 0 Å². The van der Waals surface area contributed by atoms with Gasteiger partial charge in [-0.1, -0.05) is 30.3 Å². The molecule has 0 spiro atoms. The lowest BCUT2D eigenvalue weighted by molar-refractivity contribution is 0.487. The topological polar surface area (TPSA) is 56.3 Å². The normalized spacial score (nSPS) is 11.5. The fourth-order valence-corrected chi connectivity index (χ4v) is 3.16. The highest BCUT2D eigenvalue weighted by molar-refractivity contribution is 7.86. The Bertz CT molecular complexity index is 903. The van der Waals surface area contributed by atoms with E-state index in [9.17, 15) is 12.8 Å². The van der Waals surface area contributed by atoms with E-state index in [1.807, 2.05) is 12.1 Å². The number of hydrogen-bond donors (Lipinski definition) is 0. The lowest BCUT2D eigenvalue weighted by atomic mass is 10.2. The van der Waals surface area contributed by atoms with Crippen LogP contribution in [0.3, 0.4) is 0 Å². The Hall–Kier alpha value is -2.47. The van der Waals surface area contributed by atoms with Crippen molar-refractivity contribution in [3.63, 3.8) is 0 Å². The molecule has 0 saturated carbocycles. The van der Waals surface area contributed by atoms with Crippen molar-refractivity contribution < 1.29 is 17.0 Å². The Labute approximate surface area is 127 Å². The molecule has 0 unspecified atom stereocenters. The molecule has 4 nitrogen and oxygen atoms in total. The largest absolute Gasteiger partial charge is 0.380 e. The van der Waals surface area contributed by atoms with Gasteiger partial charge in [0.25, 0.3) is 0 Å². The molecule has 0 amide bonds. The van der Waals surface area contributed by atoms with Crippen molar-refractivity contribution in [2.75, 3.05) is 0 Å². The zero-order chi connectivity index (χ0) is 15.6. The zero-order valence-electron chi connectivity index (χ0n) is 11.4. The zero-order valence-corrected chi connectivity index (χ0v) is 12.3. The van der Waals surface area contributed by atoms with Crippen LogP contribution in [0, 0.1) is 5.82 Å². The van der Waals surface area contributed by atoms with Gasteiger partial charge in [0.2, 0.25) is 0 Å². The summed E-state index contributed by atoms with van der Waals surface area (Å²) < 4.78 is 42.3. The minimum Gasteiger partial charge on any atom is -0.380 e. The van der Waals surface area contributed by atoms with Crippen LogP contribution in [0.5, 0.6) is 5.75 Å². The highest BCUT2D eigenvalue weighted by Crippen LogP contribution is 2.25. The second-order valence-corrected chi connectivity index (χ2v) is 6.31. The molecule has 112 valence electrons. The molecule has 0 fully saturated rings. The SMILES string of the molecule is O=S(=O)(Cc1ccc(F)cc1)Oc1cccc2cccnc12. The maximum absolute atomic E-state index is 12.9. The van der Waals surface area contributed by atoms with Crippen molar-refractivity contribution in [3.05, 3.63) is 72.2 Å². The fourth-order valence-electron chi connectivity index (χ4n) is 2.09. The standard InChI is InChI=1S/C16H12FNO3S/c17-14-8-6-12(7-9-14)11-22(19,20)21-15-5-1-3-13-4-2-10-18-16(13)15/h1-10H,11H2. The van der Waals surface area contributed by atoms with E-state index in [1.165, 1.54) is 24.3 Å². The lowest BCUT2D eigenvalue weighted by Crippen LogP contribution is -2.12. The molecule has 0 radical (unpaired) electrons. The van der Waals surface area contributed by atoms with E-state index in [0.717, 1.165) is 5.39 Å². The van der Waals surface area contributed by atoms with Crippen LogP contribution in [0.15, 0.2) is 60.8 Å². The quantitative estimate of drug-likeness (QED) is 0.693. The van der Waals surface area contributed by atoms with Gasteiger partial charge in [0.15, 0.2) is 5.75 Å². The van der Waals surface area contributed by atoms with Gasteiger partial charge in [-0.15, -0.1) is 0 Å². The van der Waals surface area contributed by atoms with Gasteiger partial charge in [0.1, 0.15) is 17.1 Å². The van der Waals surface area contributed by atoms with E-state index in [0.29, 0.717) is 11.1 Å². The Balaban J connectivity index is 1.88. The minimum absolute atomic E-state index is 0.181. The number of rotatable bonds is 4. The average Bonchev–Trinajstić information content (AvgIpc) is 2.49. The Kier molecular flexibility index (Phi) is 3.77. The van der Waals surface area contributed by atoms with Crippen molar-refractivity contribution in [2.45, 2.75) is 5.75 Å². The van der Waals surface area contributed by atoms with E-state index in [2.05, 4.69) is 4.98 Å². The summed E-state index contributed by atoms with van der Waals surface area (Å²) in [6, 6.07) is 13.9. The summed E-state index contributed by atoms with van der Waals surface area (Å²) in [6.07, 6.45) is 1.57. The molecular formula is C16H12FNO3S. The number of fused-ring (bicyclic) bond motifs is 1. The monoisotopic (exact) mass is 317 g/mol. The predicted octanol–water partition coefficient (Wildman–Crippen LogP) is 3.28. The summed E-state index contributed by atoms with van der Waals surface area (Å²) >= 11 is 0. The van der Waals surface area contributed by atoms with Crippen molar-refractivity contribution in [1.29, 1.82) is 0 Å². The van der Waals surface area contributed by atoms with E-state index < -0.39 is 15.9 Å². The van der Waals surface area contributed by atoms with Gasteiger partial charge in [-0.25, -0.2) is 4.39 Å². The van der Waals surface area contributed by atoms with Crippen LogP contribution in [-0.4, -0.2) is 13.4 Å². The molecule has 3 rings (SSSR count). The molecule has 22 heavy (non-hydrogen) atoms. The molecular weight excluding hydrogens is 305 g/mol. The number of pyridine rings is 1. The van der Waals surface area contributed by atoms with Crippen molar-refractivity contribution in [3.8, 4) is 5.75 Å². The second-order valence-electron chi connectivity index (χ2n) is 4.74. The first-order valence-corrected chi connectivity index (χ1v) is 8.12. The Morgan fingerprint density at radius 3 is 2.50 bits per heavy atom. The van der Waals surface area contributed by atoms with Crippen LogP contribution in [0.2, 0.25) is 0 Å². The maximum atomic E-state index is 12.9. The van der Waals surface area contributed by atoms with E-state index in [4.69, 9.17) is 4.18 Å². The summed E-state index contributed by atoms with van der Waals surface area (Å²) in [7, 11) is -3.85. The van der Waals surface area contributed by atoms with Crippen LogP contribution in [0.1, 0.15) is 5.56 Å². The molecule has 0 bridgehead atoms. The maximum Gasteiger partial charge on any atom is 0.313 e. The van der Waals surface area contributed by atoms with Crippen molar-refractivity contribution in [1.82, 2.24) is 4.98 Å². The molecule has 0 aliphatic rings. The van der Waals surface area contributed by atoms with E-state index >= 15 is 0 Å². The second kappa shape index (κ2) is 5.73. The van der Waals surface area contributed by atoms with Gasteiger partial charge in [-0.2, -0.15) is 8.42 Å². The average molecular weight is 317 g/mol. The summed E-state index contributed by atoms with van der Waals surface area (Å²) in [6.45, 7) is 0. The third-order valence-corrected chi connectivity index (χ3v) is 4.19. The predicted molar refractivity (Wildman–Crippen MR) is 81.4 cm³/mol. The number of aromatic nitrogens is 1. The number of nitrogens with zero attached hydrogens (tertiary/aromatic N) is 1. The molecule has 3 aromatic rings. The fraction of sp³-hybridized carbons (Fsp3) is 0.0625. The first kappa shape index (κ1) is 14.5. The van der Waals surface area contributed by atoms with Crippen LogP contribution >= 0.6 is 0 Å². The van der Waals surface area contributed by atoms with Crippen LogP contribution in [0.25, 0.3) is 10.9 Å². The van der Waals surface area contributed by atoms with E-state index in [1.54, 1.807) is 24.4 Å². The van der Waals surface area contributed by atoms with Crippen LogP contribution < -0.4 is 4.18 Å². The van der Waals surface area contributed by atoms with Gasteiger partial charge in [-0.05, 0) is 29.8 Å². The summed E-state index contributed by atoms with van der Waals surface area (Å²) in [5.74, 6) is -0.572. The molecule has 1 aromatic heterocycles. The molecule has 1 heterocycles. The molecule has 0 aliphatic carbocycles. The minimum atomic E-state index is -3.85. The number of benzene rings is 2. The number of hydrogen-bond acceptors (Lipinski definition) is 4. The summed E-state index contributed by atoms with van der Waals surface area (Å²) in [5.41, 5.74) is 0.933. The highest BCUT2D eigenvalue weighted by Gasteiger charge is 2.16. The number of para-hydroxylation sites is 1. The first-order chi connectivity index (χ1) is 10.5. The molecule has 0 saturated heterocycles. The number of halogens is 1. The summed E-state index contributed by atoms with van der Waals surface area (Å²) in [4.78, 5) is 4.14. The van der Waals surface area contributed by atoms with Gasteiger partial charge >= 0.3 is 10.1 Å². The molecule has 2 aromatic carbocycles. The Morgan fingerprint density at radius 1 is 1.00 bits per heavy atom. The van der Waals surface area contributed by atoms with E-state index in [-0.39, 0.29) is 11.5 Å². The molecule has 0 atom stereocenters. The van der Waals surface area contributed by atoms with Crippen LogP contribution in [0.4, 0.5) is 4.39 Å². The van der Waals surface area contributed by atoms with Gasteiger partial charge in [0, 0.05) is 11.6 Å². The van der Waals surface area contributed by atoms with Crippen LogP contribution in [-0.2, 0) is 15.9 Å². The third-order valence-electron chi connectivity index (χ3n) is 3.07. The van der Waals surface area contributed by atoms with Gasteiger partial charge < -0.3 is 4.18 Å². The molecule has 0 N–H and O–H groups in total. The third kappa shape index (κ3) is 3.23. The molecule has 0 aliphatic heterocycles. The summed E-state index contributed by atoms with van der Waals surface area (Å²) in [5, 5.41) is 0.789. The highest BCUT2D eigenvalue weighted by atomic mass is 32.2. The molecule has 6 heteroatoms. The van der Waals surface area contributed by atoms with Crippen molar-refractivity contribution >= 4 is 21.0 Å². The smallest absolute Gasteiger partial charge is 0.313 e. The van der Waals surface area contributed by atoms with Gasteiger partial charge in [-0.3, -0.25) is 4.98 Å².